The maximum absolute atomic E-state index is 12.9. The van der Waals surface area contributed by atoms with Crippen LogP contribution < -0.4 is 4.90 Å². The summed E-state index contributed by atoms with van der Waals surface area (Å²) in [5.74, 6) is 4.15. The van der Waals surface area contributed by atoms with Crippen molar-refractivity contribution in [2.75, 3.05) is 36.8 Å². The molecule has 2 unspecified atom stereocenters. The number of rotatable bonds is 7. The van der Waals surface area contributed by atoms with Crippen LogP contribution in [-0.2, 0) is 13.2 Å². The van der Waals surface area contributed by atoms with Gasteiger partial charge in [-0.15, -0.1) is 10.2 Å². The summed E-state index contributed by atoms with van der Waals surface area (Å²) in [6.45, 7) is 6.39. The molecular formula is C26H36F3N5S. The highest BCUT2D eigenvalue weighted by molar-refractivity contribution is 7.99. The molecule has 2 aliphatic heterocycles. The van der Waals surface area contributed by atoms with Crippen LogP contribution in [0.5, 0.6) is 0 Å². The molecule has 0 radical (unpaired) electrons. The van der Waals surface area contributed by atoms with Crippen molar-refractivity contribution in [2.24, 2.45) is 18.9 Å². The molecule has 1 saturated carbocycles. The summed E-state index contributed by atoms with van der Waals surface area (Å²) in [4.78, 5) is 4.84. The first-order valence-corrected chi connectivity index (χ1v) is 14.0. The number of thioether (sulfide) groups is 1. The predicted octanol–water partition coefficient (Wildman–Crippen LogP) is 5.82. The van der Waals surface area contributed by atoms with Crippen LogP contribution in [0.15, 0.2) is 29.4 Å². The molecule has 5 nitrogen and oxygen atoms in total. The molecule has 2 saturated heterocycles. The largest absolute Gasteiger partial charge is 0.416 e. The number of likely N-dealkylation sites (tertiary alicyclic amines) is 1. The monoisotopic (exact) mass is 507 g/mol. The first-order valence-electron chi connectivity index (χ1n) is 13.0. The fraction of sp³-hybridized carbons (Fsp3) is 0.692. The molecule has 1 aromatic heterocycles. The number of hydrogen-bond acceptors (Lipinski definition) is 5. The number of aromatic nitrogens is 3. The smallest absolute Gasteiger partial charge is 0.367 e. The summed E-state index contributed by atoms with van der Waals surface area (Å²) in [6.07, 6.45) is 2.93. The Kier molecular flexibility index (Phi) is 7.35. The van der Waals surface area contributed by atoms with Crippen molar-refractivity contribution < 1.29 is 13.2 Å². The van der Waals surface area contributed by atoms with Crippen molar-refractivity contribution in [3.05, 3.63) is 35.7 Å². The predicted molar refractivity (Wildman–Crippen MR) is 134 cm³/mol. The molecule has 0 spiro atoms. The van der Waals surface area contributed by atoms with E-state index in [0.29, 0.717) is 17.9 Å². The van der Waals surface area contributed by atoms with Gasteiger partial charge in [0.2, 0.25) is 0 Å². The molecule has 2 atom stereocenters. The highest BCUT2D eigenvalue weighted by Gasteiger charge is 2.41. The van der Waals surface area contributed by atoms with Gasteiger partial charge < -0.3 is 14.4 Å². The topological polar surface area (TPSA) is 37.2 Å². The van der Waals surface area contributed by atoms with Crippen LogP contribution in [0.2, 0.25) is 0 Å². The van der Waals surface area contributed by atoms with Gasteiger partial charge in [0.1, 0.15) is 5.82 Å². The molecule has 5 rings (SSSR count). The molecule has 192 valence electrons. The lowest BCUT2D eigenvalue weighted by molar-refractivity contribution is -0.137. The van der Waals surface area contributed by atoms with Crippen LogP contribution in [0, 0.1) is 11.8 Å². The number of fused-ring (bicyclic) bond motifs is 1. The van der Waals surface area contributed by atoms with E-state index in [0.717, 1.165) is 67.4 Å². The Labute approximate surface area is 210 Å². The number of nitrogens with zero attached hydrogens (tertiary/aromatic N) is 5. The third kappa shape index (κ3) is 5.50. The fourth-order valence-electron chi connectivity index (χ4n) is 6.17. The van der Waals surface area contributed by atoms with E-state index >= 15 is 0 Å². The average Bonchev–Trinajstić information content (AvgIpc) is 3.51. The Hall–Kier alpha value is -1.74. The van der Waals surface area contributed by atoms with Crippen LogP contribution >= 0.6 is 11.8 Å². The lowest BCUT2D eigenvalue weighted by Gasteiger charge is -2.27. The number of anilines is 1. The first kappa shape index (κ1) is 24.9. The molecule has 0 bridgehead atoms. The Morgan fingerprint density at radius 2 is 1.74 bits per heavy atom. The van der Waals surface area contributed by atoms with Gasteiger partial charge in [0.15, 0.2) is 5.16 Å². The van der Waals surface area contributed by atoms with Crippen LogP contribution in [0.1, 0.15) is 62.8 Å². The molecule has 0 N–H and O–H groups in total. The van der Waals surface area contributed by atoms with E-state index in [4.69, 9.17) is 0 Å². The number of hydrogen-bond donors (Lipinski definition) is 0. The van der Waals surface area contributed by atoms with Crippen LogP contribution in [0.25, 0.3) is 0 Å². The minimum atomic E-state index is -4.28. The zero-order valence-electron chi connectivity index (χ0n) is 20.7. The van der Waals surface area contributed by atoms with Crippen LogP contribution in [0.3, 0.4) is 0 Å². The highest BCUT2D eigenvalue weighted by atomic mass is 32.2. The minimum Gasteiger partial charge on any atom is -0.367 e. The van der Waals surface area contributed by atoms with E-state index in [1.54, 1.807) is 23.9 Å². The molecular weight excluding hydrogens is 471 g/mol. The minimum absolute atomic E-state index is 0.402. The third-order valence-corrected chi connectivity index (χ3v) is 9.36. The maximum Gasteiger partial charge on any atom is 0.416 e. The summed E-state index contributed by atoms with van der Waals surface area (Å²) < 4.78 is 40.9. The standard InChI is InChI=1S/C26H36F3N5S/c1-18-4-6-19(7-5-18)24-30-31-25(32(24)2)35-15-3-13-33-16-20-12-14-34(23(20)17-33)22-10-8-21(9-11-22)26(27,28)29/h8-11,18-20,23H,3-7,12-17H2,1-2H3. The summed E-state index contributed by atoms with van der Waals surface area (Å²) in [5, 5.41) is 10.0. The van der Waals surface area contributed by atoms with E-state index in [9.17, 15) is 13.2 Å². The Balaban J connectivity index is 1.08. The highest BCUT2D eigenvalue weighted by Crippen LogP contribution is 2.38. The maximum atomic E-state index is 12.9. The number of alkyl halides is 3. The third-order valence-electron chi connectivity index (χ3n) is 8.25. The molecule has 3 aliphatic rings. The lowest BCUT2D eigenvalue weighted by Crippen LogP contribution is -2.35. The van der Waals surface area contributed by atoms with Gasteiger partial charge in [-0.3, -0.25) is 0 Å². The number of benzene rings is 1. The zero-order valence-corrected chi connectivity index (χ0v) is 21.5. The Bertz CT molecular complexity index is 984. The summed E-state index contributed by atoms with van der Waals surface area (Å²) >= 11 is 1.80. The zero-order chi connectivity index (χ0) is 24.6. The molecule has 35 heavy (non-hydrogen) atoms. The molecule has 2 aromatic rings. The van der Waals surface area contributed by atoms with Crippen molar-refractivity contribution in [1.29, 1.82) is 0 Å². The molecule has 3 heterocycles. The van der Waals surface area contributed by atoms with E-state index in [1.165, 1.54) is 37.8 Å². The molecule has 1 aliphatic carbocycles. The second-order valence-corrected chi connectivity index (χ2v) is 11.7. The Morgan fingerprint density at radius 3 is 2.46 bits per heavy atom. The van der Waals surface area contributed by atoms with Gasteiger partial charge in [0, 0.05) is 50.1 Å². The molecule has 3 fully saturated rings. The van der Waals surface area contributed by atoms with Crippen molar-refractivity contribution in [3.63, 3.8) is 0 Å². The second kappa shape index (κ2) is 10.3. The quantitative estimate of drug-likeness (QED) is 0.349. The Morgan fingerprint density at radius 1 is 1.00 bits per heavy atom. The molecule has 9 heteroatoms. The van der Waals surface area contributed by atoms with Gasteiger partial charge in [-0.25, -0.2) is 0 Å². The SMILES string of the molecule is CC1CCC(c2nnc(SCCCN3CC4CCN(c5ccc(C(F)(F)F)cc5)C4C3)n2C)CC1. The van der Waals surface area contributed by atoms with Gasteiger partial charge in [-0.1, -0.05) is 31.5 Å². The van der Waals surface area contributed by atoms with E-state index in [2.05, 4.69) is 38.5 Å². The summed E-state index contributed by atoms with van der Waals surface area (Å²) in [6, 6.07) is 6.08. The first-order chi connectivity index (χ1) is 16.8. The van der Waals surface area contributed by atoms with Gasteiger partial charge in [-0.2, -0.15) is 13.2 Å². The van der Waals surface area contributed by atoms with Crippen molar-refractivity contribution in [3.8, 4) is 0 Å². The van der Waals surface area contributed by atoms with Crippen molar-refractivity contribution in [1.82, 2.24) is 19.7 Å². The van der Waals surface area contributed by atoms with E-state index in [-0.39, 0.29) is 0 Å². The second-order valence-electron chi connectivity index (χ2n) is 10.7. The van der Waals surface area contributed by atoms with Crippen LogP contribution in [0.4, 0.5) is 18.9 Å². The normalized spacial score (nSPS) is 27.5. The fourth-order valence-corrected chi connectivity index (χ4v) is 7.01. The van der Waals surface area contributed by atoms with E-state index in [1.807, 2.05) is 0 Å². The van der Waals surface area contributed by atoms with Gasteiger partial charge in [0.25, 0.3) is 0 Å². The lowest BCUT2D eigenvalue weighted by atomic mass is 9.82. The van der Waals surface area contributed by atoms with E-state index < -0.39 is 11.7 Å². The number of halogens is 3. The van der Waals surface area contributed by atoms with Gasteiger partial charge in [0.05, 0.1) is 5.56 Å². The van der Waals surface area contributed by atoms with Crippen molar-refractivity contribution >= 4 is 17.4 Å². The molecule has 0 amide bonds. The summed E-state index contributed by atoms with van der Waals surface area (Å²) in [5.41, 5.74) is 0.333. The van der Waals surface area contributed by atoms with Gasteiger partial charge >= 0.3 is 6.18 Å². The van der Waals surface area contributed by atoms with Gasteiger partial charge in [-0.05, 0) is 68.3 Å². The van der Waals surface area contributed by atoms with Crippen molar-refractivity contribution in [2.45, 2.75) is 68.7 Å². The van der Waals surface area contributed by atoms with Crippen LogP contribution in [-0.4, -0.2) is 57.6 Å². The average molecular weight is 508 g/mol. The summed E-state index contributed by atoms with van der Waals surface area (Å²) in [7, 11) is 2.10. The molecule has 1 aromatic carbocycles.